The second-order valence-corrected chi connectivity index (χ2v) is 9.15. The summed E-state index contributed by atoms with van der Waals surface area (Å²) in [6.07, 6.45) is -0.209. The van der Waals surface area contributed by atoms with Gasteiger partial charge in [-0.25, -0.2) is 4.79 Å². The Bertz CT molecular complexity index is 1390. The van der Waals surface area contributed by atoms with Crippen LogP contribution in [0.25, 0.3) is 11.1 Å². The van der Waals surface area contributed by atoms with E-state index in [1.165, 1.54) is 4.90 Å². The molecule has 0 saturated carbocycles. The lowest BCUT2D eigenvalue weighted by Gasteiger charge is -2.29. The highest BCUT2D eigenvalue weighted by Crippen LogP contribution is 2.25. The third kappa shape index (κ3) is 7.55. The summed E-state index contributed by atoms with van der Waals surface area (Å²) in [6.45, 7) is 0.564. The lowest BCUT2D eigenvalue weighted by Crippen LogP contribution is -2.45. The van der Waals surface area contributed by atoms with Gasteiger partial charge in [-0.2, -0.15) is 0 Å². The molecule has 0 spiro atoms. The molecule has 0 radical (unpaired) electrons. The molecule has 0 heterocycles. The highest BCUT2D eigenvalue weighted by Gasteiger charge is 2.30. The van der Waals surface area contributed by atoms with Gasteiger partial charge in [0.1, 0.15) is 18.4 Å². The molecule has 4 rings (SSSR count). The Morgan fingerprint density at radius 2 is 1.28 bits per heavy atom. The van der Waals surface area contributed by atoms with Gasteiger partial charge in [-0.1, -0.05) is 84.9 Å². The Morgan fingerprint density at radius 1 is 0.744 bits per heavy atom. The standard InChI is InChI=1S/C32H30N2O5/c33-30(35)20-19-29(32(37)38)34(21-23-7-3-1-4-8-23)31(36)27-13-11-25(12-14-27)26-15-17-28(18-16-26)39-22-24-9-5-2-6-10-24/h1-18,29H,19-22H2,(H2,33,35)(H,37,38)/t29-/m0/s1. The molecule has 0 unspecified atom stereocenters. The van der Waals surface area contributed by atoms with Crippen molar-refractivity contribution in [1.82, 2.24) is 4.90 Å². The van der Waals surface area contributed by atoms with E-state index in [1.54, 1.807) is 12.1 Å². The summed E-state index contributed by atoms with van der Waals surface area (Å²) in [7, 11) is 0. The number of carbonyl (C=O) groups is 3. The van der Waals surface area contributed by atoms with E-state index in [4.69, 9.17) is 10.5 Å². The summed E-state index contributed by atoms with van der Waals surface area (Å²) in [5.74, 6) is -1.49. The number of ether oxygens (including phenoxy) is 1. The van der Waals surface area contributed by atoms with Gasteiger partial charge in [0, 0.05) is 18.5 Å². The fourth-order valence-electron chi connectivity index (χ4n) is 4.25. The van der Waals surface area contributed by atoms with Crippen LogP contribution in [0.4, 0.5) is 0 Å². The van der Waals surface area contributed by atoms with E-state index in [-0.39, 0.29) is 19.4 Å². The van der Waals surface area contributed by atoms with E-state index < -0.39 is 23.8 Å². The number of amides is 2. The van der Waals surface area contributed by atoms with Crippen molar-refractivity contribution in [2.24, 2.45) is 5.73 Å². The maximum absolute atomic E-state index is 13.6. The Labute approximate surface area is 227 Å². The van der Waals surface area contributed by atoms with Crippen molar-refractivity contribution in [2.75, 3.05) is 0 Å². The topological polar surface area (TPSA) is 110 Å². The number of rotatable bonds is 12. The molecule has 7 nitrogen and oxygen atoms in total. The zero-order valence-electron chi connectivity index (χ0n) is 21.4. The number of nitrogens with two attached hydrogens (primary N) is 1. The maximum Gasteiger partial charge on any atom is 0.326 e. The number of carboxylic acid groups (broad SMARTS) is 1. The first-order valence-corrected chi connectivity index (χ1v) is 12.6. The molecule has 4 aromatic rings. The van der Waals surface area contributed by atoms with Gasteiger partial charge in [0.25, 0.3) is 5.91 Å². The molecule has 198 valence electrons. The van der Waals surface area contributed by atoms with Gasteiger partial charge >= 0.3 is 5.97 Å². The largest absolute Gasteiger partial charge is 0.489 e. The SMILES string of the molecule is NC(=O)CC[C@@H](C(=O)O)N(Cc1ccccc1)C(=O)c1ccc(-c2ccc(OCc3ccccc3)cc2)cc1. The smallest absolute Gasteiger partial charge is 0.326 e. The Kier molecular flexibility index (Phi) is 9.08. The number of hydrogen-bond donors (Lipinski definition) is 2. The van der Waals surface area contributed by atoms with Crippen molar-refractivity contribution in [3.8, 4) is 16.9 Å². The first-order valence-electron chi connectivity index (χ1n) is 12.6. The van der Waals surface area contributed by atoms with Gasteiger partial charge in [-0.3, -0.25) is 9.59 Å². The van der Waals surface area contributed by atoms with Crippen LogP contribution in [-0.4, -0.2) is 33.8 Å². The van der Waals surface area contributed by atoms with Gasteiger partial charge < -0.3 is 20.5 Å². The molecule has 0 aliphatic carbocycles. The summed E-state index contributed by atoms with van der Waals surface area (Å²) in [5.41, 5.74) is 9.33. The Hall–Kier alpha value is -4.91. The van der Waals surface area contributed by atoms with Crippen molar-refractivity contribution in [3.05, 3.63) is 126 Å². The van der Waals surface area contributed by atoms with Crippen LogP contribution >= 0.6 is 0 Å². The number of benzene rings is 4. The lowest BCUT2D eigenvalue weighted by molar-refractivity contribution is -0.143. The van der Waals surface area contributed by atoms with Crippen molar-refractivity contribution >= 4 is 17.8 Å². The monoisotopic (exact) mass is 522 g/mol. The van der Waals surface area contributed by atoms with Crippen LogP contribution in [-0.2, 0) is 22.7 Å². The van der Waals surface area contributed by atoms with Gasteiger partial charge in [0.15, 0.2) is 0 Å². The van der Waals surface area contributed by atoms with Crippen LogP contribution in [0, 0.1) is 0 Å². The number of nitrogens with zero attached hydrogens (tertiary/aromatic N) is 1. The van der Waals surface area contributed by atoms with Crippen molar-refractivity contribution in [3.63, 3.8) is 0 Å². The van der Waals surface area contributed by atoms with Crippen LogP contribution in [0.1, 0.15) is 34.3 Å². The molecular formula is C32H30N2O5. The average Bonchev–Trinajstić information content (AvgIpc) is 2.96. The quantitative estimate of drug-likeness (QED) is 0.263. The number of carbonyl (C=O) groups excluding carboxylic acids is 2. The summed E-state index contributed by atoms with van der Waals surface area (Å²) < 4.78 is 5.86. The normalized spacial score (nSPS) is 11.4. The molecule has 0 saturated heterocycles. The van der Waals surface area contributed by atoms with Crippen molar-refractivity contribution in [2.45, 2.75) is 32.0 Å². The Morgan fingerprint density at radius 3 is 1.82 bits per heavy atom. The molecule has 0 aliphatic heterocycles. The first-order chi connectivity index (χ1) is 18.9. The van der Waals surface area contributed by atoms with Crippen molar-refractivity contribution < 1.29 is 24.2 Å². The summed E-state index contributed by atoms with van der Waals surface area (Å²) in [4.78, 5) is 38.3. The molecule has 2 amide bonds. The van der Waals surface area contributed by atoms with Crippen LogP contribution < -0.4 is 10.5 Å². The van der Waals surface area contributed by atoms with Gasteiger partial charge in [-0.05, 0) is 52.9 Å². The zero-order chi connectivity index (χ0) is 27.6. The minimum absolute atomic E-state index is 0.0694. The fraction of sp³-hybridized carbons (Fsp3) is 0.156. The number of hydrogen-bond acceptors (Lipinski definition) is 4. The van der Waals surface area contributed by atoms with E-state index in [9.17, 15) is 19.5 Å². The molecule has 0 bridgehead atoms. The second-order valence-electron chi connectivity index (χ2n) is 9.15. The third-order valence-electron chi connectivity index (χ3n) is 6.35. The van der Waals surface area contributed by atoms with E-state index in [0.29, 0.717) is 12.2 Å². The van der Waals surface area contributed by atoms with Crippen LogP contribution in [0.2, 0.25) is 0 Å². The highest BCUT2D eigenvalue weighted by atomic mass is 16.5. The maximum atomic E-state index is 13.6. The molecular weight excluding hydrogens is 492 g/mol. The van der Waals surface area contributed by atoms with Gasteiger partial charge in [0.2, 0.25) is 5.91 Å². The first kappa shape index (κ1) is 27.1. The minimum atomic E-state index is -1.20. The summed E-state index contributed by atoms with van der Waals surface area (Å²) in [5, 5.41) is 9.89. The summed E-state index contributed by atoms with van der Waals surface area (Å²) in [6, 6.07) is 32.6. The van der Waals surface area contributed by atoms with E-state index in [0.717, 1.165) is 28.0 Å². The molecule has 4 aromatic carbocycles. The van der Waals surface area contributed by atoms with E-state index in [2.05, 4.69) is 0 Å². The number of primary amides is 1. The predicted molar refractivity (Wildman–Crippen MR) is 149 cm³/mol. The summed E-state index contributed by atoms with van der Waals surface area (Å²) >= 11 is 0. The fourth-order valence-corrected chi connectivity index (χ4v) is 4.25. The van der Waals surface area contributed by atoms with Crippen LogP contribution in [0.15, 0.2) is 109 Å². The van der Waals surface area contributed by atoms with Crippen LogP contribution in [0.3, 0.4) is 0 Å². The zero-order valence-corrected chi connectivity index (χ0v) is 21.4. The van der Waals surface area contributed by atoms with Gasteiger partial charge in [-0.15, -0.1) is 0 Å². The van der Waals surface area contributed by atoms with Crippen LogP contribution in [0.5, 0.6) is 5.75 Å². The second kappa shape index (κ2) is 13.1. The lowest BCUT2D eigenvalue weighted by atomic mass is 10.0. The Balaban J connectivity index is 1.50. The van der Waals surface area contributed by atoms with Gasteiger partial charge in [0.05, 0.1) is 0 Å². The molecule has 1 atom stereocenters. The number of aliphatic carboxylic acids is 1. The molecule has 0 aliphatic rings. The molecule has 39 heavy (non-hydrogen) atoms. The minimum Gasteiger partial charge on any atom is -0.489 e. The van der Waals surface area contributed by atoms with E-state index >= 15 is 0 Å². The molecule has 7 heteroatoms. The van der Waals surface area contributed by atoms with Crippen molar-refractivity contribution in [1.29, 1.82) is 0 Å². The predicted octanol–water partition coefficient (Wildman–Crippen LogP) is 5.29. The van der Waals surface area contributed by atoms with E-state index in [1.807, 2.05) is 97.1 Å². The highest BCUT2D eigenvalue weighted by molar-refractivity contribution is 5.97. The molecule has 0 aromatic heterocycles. The number of carboxylic acids is 1. The average molecular weight is 523 g/mol. The molecule has 0 fully saturated rings. The molecule has 3 N–H and O–H groups in total. The third-order valence-corrected chi connectivity index (χ3v) is 6.35.